The second kappa shape index (κ2) is 5.56. The van der Waals surface area contributed by atoms with Gasteiger partial charge in [0.05, 0.1) is 0 Å². The molecule has 3 N–H and O–H groups in total. The van der Waals surface area contributed by atoms with Crippen molar-refractivity contribution >= 4 is 5.97 Å². The van der Waals surface area contributed by atoms with Crippen molar-refractivity contribution in [1.82, 2.24) is 0 Å². The second-order valence-corrected chi connectivity index (χ2v) is 5.10. The van der Waals surface area contributed by atoms with Crippen molar-refractivity contribution in [2.24, 2.45) is 5.92 Å². The van der Waals surface area contributed by atoms with Crippen LogP contribution in [0, 0.1) is 5.92 Å². The van der Waals surface area contributed by atoms with Crippen molar-refractivity contribution in [3.63, 3.8) is 0 Å². The van der Waals surface area contributed by atoms with E-state index in [2.05, 4.69) is 10.5 Å². The van der Waals surface area contributed by atoms with E-state index < -0.39 is 42.3 Å². The maximum absolute atomic E-state index is 12.3. The Morgan fingerprint density at radius 2 is 1.42 bits per heavy atom. The molecule has 1 atom stereocenters. The zero-order valence-corrected chi connectivity index (χ0v) is 10.7. The van der Waals surface area contributed by atoms with E-state index in [1.54, 1.807) is 0 Å². The van der Waals surface area contributed by atoms with Gasteiger partial charge in [-0.3, -0.25) is 0 Å². The van der Waals surface area contributed by atoms with E-state index in [0.717, 1.165) is 0 Å². The Hall–Kier alpha value is -0.990. The SMILES string of the molecule is CC(C)(C)OC(=O)[C@@H]([NH3+])CC(C(F)(F)F)C(F)(F)F. The first-order valence-electron chi connectivity index (χ1n) is 5.34. The monoisotopic (exact) mass is 296 g/mol. The Morgan fingerprint density at radius 3 is 1.68 bits per heavy atom. The van der Waals surface area contributed by atoms with Crippen LogP contribution in [0.4, 0.5) is 26.3 Å². The summed E-state index contributed by atoms with van der Waals surface area (Å²) in [6.45, 7) is 4.34. The Bertz CT molecular complexity index is 303. The van der Waals surface area contributed by atoms with Gasteiger partial charge in [0, 0.05) is 6.42 Å². The number of carbonyl (C=O) groups excluding carboxylic acids is 1. The number of esters is 1. The van der Waals surface area contributed by atoms with Gasteiger partial charge in [-0.15, -0.1) is 0 Å². The lowest BCUT2D eigenvalue weighted by molar-refractivity contribution is -0.422. The summed E-state index contributed by atoms with van der Waals surface area (Å²) >= 11 is 0. The summed E-state index contributed by atoms with van der Waals surface area (Å²) in [6.07, 6.45) is -12.4. The molecule has 0 heterocycles. The van der Waals surface area contributed by atoms with Crippen LogP contribution in [0.2, 0.25) is 0 Å². The van der Waals surface area contributed by atoms with Crippen LogP contribution in [0.5, 0.6) is 0 Å². The normalized spacial score (nSPS) is 15.5. The Morgan fingerprint density at radius 1 is 1.05 bits per heavy atom. The first-order chi connectivity index (χ1) is 8.14. The molecule has 0 amide bonds. The molecule has 0 aromatic heterocycles. The van der Waals surface area contributed by atoms with Crippen LogP contribution in [0.1, 0.15) is 27.2 Å². The molecule has 114 valence electrons. The van der Waals surface area contributed by atoms with Gasteiger partial charge in [0.1, 0.15) is 5.60 Å². The van der Waals surface area contributed by atoms with Gasteiger partial charge >= 0.3 is 18.3 Å². The highest BCUT2D eigenvalue weighted by Crippen LogP contribution is 2.41. The number of halogens is 6. The molecule has 0 fully saturated rings. The number of carbonyl (C=O) groups is 1. The van der Waals surface area contributed by atoms with Crippen LogP contribution < -0.4 is 5.73 Å². The first-order valence-corrected chi connectivity index (χ1v) is 5.34. The Balaban J connectivity index is 4.84. The van der Waals surface area contributed by atoms with Gasteiger partial charge in [0.25, 0.3) is 0 Å². The third-order valence-corrected chi connectivity index (χ3v) is 2.05. The number of rotatable bonds is 3. The molecule has 19 heavy (non-hydrogen) atoms. The number of alkyl halides is 6. The lowest BCUT2D eigenvalue weighted by Crippen LogP contribution is -2.67. The summed E-state index contributed by atoms with van der Waals surface area (Å²) < 4.78 is 78.4. The molecule has 0 aromatic rings. The smallest absolute Gasteiger partial charge is 0.400 e. The molecular weight excluding hydrogens is 280 g/mol. The fourth-order valence-corrected chi connectivity index (χ4v) is 1.22. The van der Waals surface area contributed by atoms with Crippen LogP contribution in [0.3, 0.4) is 0 Å². The van der Waals surface area contributed by atoms with Crippen LogP contribution in [0.15, 0.2) is 0 Å². The highest BCUT2D eigenvalue weighted by atomic mass is 19.4. The average Bonchev–Trinajstić information content (AvgIpc) is 2.06. The topological polar surface area (TPSA) is 53.9 Å². The largest absolute Gasteiger partial charge is 0.456 e. The Labute approximate surface area is 106 Å². The van der Waals surface area contributed by atoms with Crippen molar-refractivity contribution in [3.8, 4) is 0 Å². The van der Waals surface area contributed by atoms with Crippen molar-refractivity contribution in [2.75, 3.05) is 0 Å². The maximum atomic E-state index is 12.3. The predicted molar refractivity (Wildman–Crippen MR) is 52.7 cm³/mol. The summed E-state index contributed by atoms with van der Waals surface area (Å²) in [5.74, 6) is -4.78. The highest BCUT2D eigenvalue weighted by molar-refractivity contribution is 5.74. The number of hydrogen-bond acceptors (Lipinski definition) is 2. The summed E-state index contributed by atoms with van der Waals surface area (Å²) in [4.78, 5) is 11.3. The van der Waals surface area contributed by atoms with Gasteiger partial charge in [0.15, 0.2) is 12.0 Å². The van der Waals surface area contributed by atoms with Crippen LogP contribution in [-0.4, -0.2) is 30.0 Å². The number of quaternary nitrogens is 1. The summed E-state index contributed by atoms with van der Waals surface area (Å²) in [7, 11) is 0. The van der Waals surface area contributed by atoms with Crippen molar-refractivity contribution in [3.05, 3.63) is 0 Å². The minimum absolute atomic E-state index is 1.00. The van der Waals surface area contributed by atoms with Crippen molar-refractivity contribution in [2.45, 2.75) is 51.2 Å². The minimum Gasteiger partial charge on any atom is -0.456 e. The molecule has 0 spiro atoms. The van der Waals surface area contributed by atoms with Gasteiger partial charge in [-0.2, -0.15) is 26.3 Å². The predicted octanol–water partition coefficient (Wildman–Crippen LogP) is 2.07. The summed E-state index contributed by atoms with van der Waals surface area (Å²) in [5, 5.41) is 0. The first kappa shape index (κ1) is 18.0. The molecule has 0 aliphatic heterocycles. The quantitative estimate of drug-likeness (QED) is 0.640. The molecule has 0 saturated heterocycles. The third kappa shape index (κ3) is 6.65. The van der Waals surface area contributed by atoms with Crippen LogP contribution in [-0.2, 0) is 9.53 Å². The van der Waals surface area contributed by atoms with Gasteiger partial charge in [0.2, 0.25) is 0 Å². The van der Waals surface area contributed by atoms with E-state index in [9.17, 15) is 31.1 Å². The lowest BCUT2D eigenvalue weighted by atomic mass is 9.99. The van der Waals surface area contributed by atoms with Gasteiger partial charge in [-0.25, -0.2) is 4.79 Å². The molecule has 0 aliphatic rings. The molecule has 0 rings (SSSR count). The number of hydrogen-bond donors (Lipinski definition) is 1. The maximum Gasteiger partial charge on any atom is 0.400 e. The lowest BCUT2D eigenvalue weighted by Gasteiger charge is -2.25. The van der Waals surface area contributed by atoms with Crippen molar-refractivity contribution in [1.29, 1.82) is 0 Å². The van der Waals surface area contributed by atoms with Crippen LogP contribution >= 0.6 is 0 Å². The molecule has 9 heteroatoms. The molecule has 0 bridgehead atoms. The van der Waals surface area contributed by atoms with Crippen molar-refractivity contribution < 1.29 is 41.6 Å². The molecule has 0 unspecified atom stereocenters. The summed E-state index contributed by atoms with van der Waals surface area (Å²) in [6, 6.07) is -1.74. The molecule has 0 radical (unpaired) electrons. The fraction of sp³-hybridized carbons (Fsp3) is 0.900. The van der Waals surface area contributed by atoms with E-state index in [-0.39, 0.29) is 0 Å². The fourth-order valence-electron chi connectivity index (χ4n) is 1.22. The van der Waals surface area contributed by atoms with E-state index in [1.165, 1.54) is 20.8 Å². The second-order valence-electron chi connectivity index (χ2n) is 5.10. The highest BCUT2D eigenvalue weighted by Gasteiger charge is 2.58. The van der Waals surface area contributed by atoms with E-state index in [0.29, 0.717) is 0 Å². The average molecular weight is 296 g/mol. The van der Waals surface area contributed by atoms with Gasteiger partial charge in [-0.1, -0.05) is 0 Å². The third-order valence-electron chi connectivity index (χ3n) is 2.05. The van der Waals surface area contributed by atoms with Gasteiger partial charge in [-0.05, 0) is 20.8 Å². The molecule has 0 saturated carbocycles. The van der Waals surface area contributed by atoms with E-state index in [1.807, 2.05) is 0 Å². The van der Waals surface area contributed by atoms with Gasteiger partial charge < -0.3 is 10.5 Å². The zero-order chi connectivity index (χ0) is 15.6. The molecule has 3 nitrogen and oxygen atoms in total. The van der Waals surface area contributed by atoms with E-state index in [4.69, 9.17) is 0 Å². The molecular formula is C10H16F6NO2+. The summed E-state index contributed by atoms with van der Waals surface area (Å²) in [5.41, 5.74) is 2.01. The molecule has 0 aromatic carbocycles. The Kier molecular flexibility index (Phi) is 5.27. The number of ether oxygens (including phenoxy) is 1. The standard InChI is InChI=1S/C10H15F6NO2/c1-8(2,3)19-7(18)5(17)4-6(9(11,12)13)10(14,15)16/h5-6H,4,17H2,1-3H3/p+1/t5-/m0/s1. The molecule has 0 aliphatic carbocycles. The zero-order valence-electron chi connectivity index (χ0n) is 10.7. The van der Waals surface area contributed by atoms with E-state index >= 15 is 0 Å². The minimum atomic E-state index is -5.48. The van der Waals surface area contributed by atoms with Crippen LogP contribution in [0.25, 0.3) is 0 Å².